The topological polar surface area (TPSA) is 62.7 Å². The lowest BCUT2D eigenvalue weighted by Gasteiger charge is -2.34. The maximum Gasteiger partial charge on any atom is 0.306 e. The average Bonchev–Trinajstić information content (AvgIpc) is 2.52. The van der Waals surface area contributed by atoms with Gasteiger partial charge < -0.3 is 9.64 Å². The number of hydrogen-bond acceptors (Lipinski definition) is 5. The number of piperazine rings is 1. The summed E-state index contributed by atoms with van der Waals surface area (Å²) >= 11 is 5.87. The molecule has 114 valence electrons. The van der Waals surface area contributed by atoms with Gasteiger partial charge >= 0.3 is 5.97 Å². The Morgan fingerprint density at radius 1 is 1.33 bits per heavy atom. The fourth-order valence-electron chi connectivity index (χ4n) is 2.21. The van der Waals surface area contributed by atoms with Gasteiger partial charge in [0.1, 0.15) is 5.69 Å². The van der Waals surface area contributed by atoms with Crippen molar-refractivity contribution in [1.82, 2.24) is 14.8 Å². The maximum atomic E-state index is 12.3. The van der Waals surface area contributed by atoms with Crippen LogP contribution in [0.15, 0.2) is 18.3 Å². The number of carbonyl (C=O) groups excluding carboxylic acids is 2. The van der Waals surface area contributed by atoms with Crippen LogP contribution in [0.4, 0.5) is 0 Å². The second kappa shape index (κ2) is 7.38. The lowest BCUT2D eigenvalue weighted by Crippen LogP contribution is -2.49. The van der Waals surface area contributed by atoms with E-state index in [9.17, 15) is 9.59 Å². The molecule has 0 spiro atoms. The van der Waals surface area contributed by atoms with Crippen LogP contribution >= 0.6 is 11.6 Å². The maximum absolute atomic E-state index is 12.3. The Kier molecular flexibility index (Phi) is 5.52. The molecule has 2 heterocycles. The van der Waals surface area contributed by atoms with Gasteiger partial charge in [-0.2, -0.15) is 0 Å². The van der Waals surface area contributed by atoms with Crippen molar-refractivity contribution < 1.29 is 14.3 Å². The van der Waals surface area contributed by atoms with Crippen LogP contribution in [-0.4, -0.2) is 66.5 Å². The van der Waals surface area contributed by atoms with Crippen molar-refractivity contribution in [1.29, 1.82) is 0 Å². The fourth-order valence-corrected chi connectivity index (χ4v) is 2.37. The minimum Gasteiger partial charge on any atom is -0.469 e. The molecule has 0 saturated carbocycles. The number of ether oxygens (including phenoxy) is 1. The van der Waals surface area contributed by atoms with Gasteiger partial charge in [0, 0.05) is 43.9 Å². The molecule has 1 fully saturated rings. The molecule has 0 N–H and O–H groups in total. The number of nitrogens with zero attached hydrogens (tertiary/aromatic N) is 3. The standard InChI is InChI=1S/C14H18ClN3O3/c1-21-13(19)3-5-17-6-8-18(9-7-17)14(20)12-10-11(15)2-4-16-12/h2,4,10H,3,5-9H2,1H3. The third-order valence-electron chi connectivity index (χ3n) is 3.46. The highest BCUT2D eigenvalue weighted by Gasteiger charge is 2.23. The van der Waals surface area contributed by atoms with Crippen molar-refractivity contribution >= 4 is 23.5 Å². The van der Waals surface area contributed by atoms with E-state index in [1.54, 1.807) is 17.0 Å². The van der Waals surface area contributed by atoms with E-state index >= 15 is 0 Å². The summed E-state index contributed by atoms with van der Waals surface area (Å²) in [6, 6.07) is 3.22. The van der Waals surface area contributed by atoms with Crippen LogP contribution in [-0.2, 0) is 9.53 Å². The van der Waals surface area contributed by atoms with Crippen LogP contribution < -0.4 is 0 Å². The van der Waals surface area contributed by atoms with Gasteiger partial charge in [0.15, 0.2) is 0 Å². The van der Waals surface area contributed by atoms with Gasteiger partial charge in [-0.15, -0.1) is 0 Å². The van der Waals surface area contributed by atoms with Gasteiger partial charge in [-0.1, -0.05) is 11.6 Å². The molecule has 0 radical (unpaired) electrons. The van der Waals surface area contributed by atoms with Gasteiger partial charge in [0.25, 0.3) is 5.91 Å². The Hall–Kier alpha value is -1.66. The van der Waals surface area contributed by atoms with Crippen molar-refractivity contribution in [2.45, 2.75) is 6.42 Å². The van der Waals surface area contributed by atoms with Crippen molar-refractivity contribution in [3.05, 3.63) is 29.0 Å². The smallest absolute Gasteiger partial charge is 0.306 e. The molecule has 21 heavy (non-hydrogen) atoms. The Bertz CT molecular complexity index is 516. The molecule has 2 rings (SSSR count). The molecule has 0 aromatic carbocycles. The van der Waals surface area contributed by atoms with E-state index in [1.807, 2.05) is 0 Å². The zero-order valence-corrected chi connectivity index (χ0v) is 12.7. The van der Waals surface area contributed by atoms with E-state index in [0.29, 0.717) is 36.8 Å². The van der Waals surface area contributed by atoms with Crippen LogP contribution in [0.5, 0.6) is 0 Å². The van der Waals surface area contributed by atoms with Gasteiger partial charge in [0.05, 0.1) is 13.5 Å². The minimum atomic E-state index is -0.211. The molecule has 1 saturated heterocycles. The third-order valence-corrected chi connectivity index (χ3v) is 3.70. The summed E-state index contributed by atoms with van der Waals surface area (Å²) in [5, 5.41) is 0.505. The molecule has 7 heteroatoms. The van der Waals surface area contributed by atoms with Crippen molar-refractivity contribution in [3.63, 3.8) is 0 Å². The van der Waals surface area contributed by atoms with E-state index in [4.69, 9.17) is 11.6 Å². The predicted molar refractivity (Wildman–Crippen MR) is 78.2 cm³/mol. The summed E-state index contributed by atoms with van der Waals surface area (Å²) in [5.41, 5.74) is 0.366. The van der Waals surface area contributed by atoms with Gasteiger partial charge in [-0.3, -0.25) is 19.5 Å². The molecule has 1 aliphatic heterocycles. The highest BCUT2D eigenvalue weighted by Crippen LogP contribution is 2.12. The van der Waals surface area contributed by atoms with Gasteiger partial charge in [0.2, 0.25) is 0 Å². The molecule has 6 nitrogen and oxygen atoms in total. The number of esters is 1. The molecular weight excluding hydrogens is 294 g/mol. The van der Waals surface area contributed by atoms with Gasteiger partial charge in [-0.05, 0) is 12.1 Å². The number of carbonyl (C=O) groups is 2. The van der Waals surface area contributed by atoms with Crippen LogP contribution in [0.1, 0.15) is 16.9 Å². The Morgan fingerprint density at radius 2 is 2.05 bits per heavy atom. The molecule has 1 aromatic rings. The number of rotatable bonds is 4. The van der Waals surface area contributed by atoms with E-state index in [1.165, 1.54) is 13.3 Å². The van der Waals surface area contributed by atoms with Crippen molar-refractivity contribution in [3.8, 4) is 0 Å². The summed E-state index contributed by atoms with van der Waals surface area (Å²) in [6.07, 6.45) is 1.91. The summed E-state index contributed by atoms with van der Waals surface area (Å²) in [7, 11) is 1.39. The first-order chi connectivity index (χ1) is 10.1. The minimum absolute atomic E-state index is 0.106. The number of hydrogen-bond donors (Lipinski definition) is 0. The number of aromatic nitrogens is 1. The SMILES string of the molecule is COC(=O)CCN1CCN(C(=O)c2cc(Cl)ccn2)CC1. The van der Waals surface area contributed by atoms with Crippen LogP contribution in [0.25, 0.3) is 0 Å². The highest BCUT2D eigenvalue weighted by molar-refractivity contribution is 6.30. The average molecular weight is 312 g/mol. The monoisotopic (exact) mass is 311 g/mol. The van der Waals surface area contributed by atoms with Crippen molar-refractivity contribution in [2.24, 2.45) is 0 Å². The van der Waals surface area contributed by atoms with E-state index < -0.39 is 0 Å². The number of halogens is 1. The molecule has 1 amide bonds. The van der Waals surface area contributed by atoms with Crippen molar-refractivity contribution in [2.75, 3.05) is 39.8 Å². The second-order valence-corrected chi connectivity index (χ2v) is 5.26. The summed E-state index contributed by atoms with van der Waals surface area (Å²) in [4.78, 5) is 31.3. The Balaban J connectivity index is 1.83. The number of methoxy groups -OCH3 is 1. The Morgan fingerprint density at radius 3 is 2.67 bits per heavy atom. The predicted octanol–water partition coefficient (Wildman–Crippen LogP) is 1.06. The first kappa shape index (κ1) is 15.7. The summed E-state index contributed by atoms with van der Waals surface area (Å²) in [6.45, 7) is 3.37. The Labute approximate surface area is 128 Å². The van der Waals surface area contributed by atoms with Gasteiger partial charge in [-0.25, -0.2) is 0 Å². The number of amides is 1. The lowest BCUT2D eigenvalue weighted by atomic mass is 10.2. The molecule has 0 unspecified atom stereocenters. The molecule has 1 aliphatic rings. The largest absolute Gasteiger partial charge is 0.469 e. The van der Waals surface area contributed by atoms with E-state index in [2.05, 4.69) is 14.6 Å². The molecule has 0 aliphatic carbocycles. The van der Waals surface area contributed by atoms with Crippen LogP contribution in [0.2, 0.25) is 5.02 Å². The fraction of sp³-hybridized carbons (Fsp3) is 0.500. The van der Waals surface area contributed by atoms with E-state index in [0.717, 1.165) is 13.1 Å². The molecule has 0 bridgehead atoms. The van der Waals surface area contributed by atoms with Crippen LogP contribution in [0.3, 0.4) is 0 Å². The molecule has 0 atom stereocenters. The highest BCUT2D eigenvalue weighted by atomic mass is 35.5. The first-order valence-corrected chi connectivity index (χ1v) is 7.18. The summed E-state index contributed by atoms with van der Waals surface area (Å²) < 4.78 is 4.62. The molecule has 1 aromatic heterocycles. The lowest BCUT2D eigenvalue weighted by molar-refractivity contribution is -0.141. The quantitative estimate of drug-likeness (QED) is 0.778. The first-order valence-electron chi connectivity index (χ1n) is 6.80. The zero-order chi connectivity index (χ0) is 15.2. The normalized spacial score (nSPS) is 15.8. The van der Waals surface area contributed by atoms with E-state index in [-0.39, 0.29) is 11.9 Å². The summed E-state index contributed by atoms with van der Waals surface area (Å²) in [5.74, 6) is -0.318. The third kappa shape index (κ3) is 4.41. The number of pyridine rings is 1. The zero-order valence-electron chi connectivity index (χ0n) is 11.9. The molecular formula is C14H18ClN3O3. The van der Waals surface area contributed by atoms with Crippen LogP contribution in [0, 0.1) is 0 Å². The second-order valence-electron chi connectivity index (χ2n) is 4.82.